The fourth-order valence-corrected chi connectivity index (χ4v) is 3.46. The topological polar surface area (TPSA) is 51.2 Å². The fraction of sp³-hybridized carbons (Fsp3) is 0.360. The quantitative estimate of drug-likeness (QED) is 0.511. The van der Waals surface area contributed by atoms with Crippen LogP contribution < -0.4 is 5.32 Å². The molecule has 1 aromatic heterocycles. The van der Waals surface area contributed by atoms with Crippen LogP contribution in [0.3, 0.4) is 0 Å². The van der Waals surface area contributed by atoms with Crippen LogP contribution in [0, 0.1) is 5.92 Å². The minimum Gasteiger partial charge on any atom is -0.469 e. The molecule has 0 saturated carbocycles. The zero-order valence-corrected chi connectivity index (χ0v) is 16.6. The summed E-state index contributed by atoms with van der Waals surface area (Å²) >= 11 is 0. The number of benzene rings is 2. The van der Waals surface area contributed by atoms with E-state index < -0.39 is 0 Å². The van der Waals surface area contributed by atoms with Crippen LogP contribution in [0.4, 0.5) is 0 Å². The largest absolute Gasteiger partial charge is 0.469 e. The van der Waals surface area contributed by atoms with Crippen LogP contribution in [0.1, 0.15) is 38.3 Å². The van der Waals surface area contributed by atoms with Crippen molar-refractivity contribution in [3.63, 3.8) is 0 Å². The second-order valence-corrected chi connectivity index (χ2v) is 7.33. The molecule has 29 heavy (non-hydrogen) atoms. The lowest BCUT2D eigenvalue weighted by atomic mass is 9.93. The molecule has 3 rings (SSSR count). The summed E-state index contributed by atoms with van der Waals surface area (Å²) in [6.07, 6.45) is 6.15. The van der Waals surface area contributed by atoms with Crippen molar-refractivity contribution in [2.45, 2.75) is 46.2 Å². The van der Waals surface area contributed by atoms with Crippen molar-refractivity contribution in [2.24, 2.45) is 5.92 Å². The second kappa shape index (κ2) is 11.3. The van der Waals surface area contributed by atoms with E-state index in [1.165, 1.54) is 23.6 Å². The minimum atomic E-state index is -0.126. The van der Waals surface area contributed by atoms with Gasteiger partial charge < -0.3 is 10.1 Å². The SMILES string of the molecule is C.COC(=O)C(CC[C@@H](C)NCc1ccc2cnccc2c1)Cc1ccccc1. The van der Waals surface area contributed by atoms with E-state index in [0.29, 0.717) is 6.04 Å². The van der Waals surface area contributed by atoms with Gasteiger partial charge in [-0.1, -0.05) is 49.9 Å². The Hall–Kier alpha value is -2.72. The Morgan fingerprint density at radius 1 is 1.03 bits per heavy atom. The van der Waals surface area contributed by atoms with Gasteiger partial charge in [-0.25, -0.2) is 0 Å². The van der Waals surface area contributed by atoms with Gasteiger partial charge in [0.25, 0.3) is 0 Å². The molecule has 4 heteroatoms. The van der Waals surface area contributed by atoms with Crippen molar-refractivity contribution in [1.29, 1.82) is 0 Å². The predicted molar refractivity (Wildman–Crippen MR) is 120 cm³/mol. The van der Waals surface area contributed by atoms with Gasteiger partial charge in [0.05, 0.1) is 13.0 Å². The van der Waals surface area contributed by atoms with Crippen LogP contribution in [0.15, 0.2) is 67.0 Å². The Morgan fingerprint density at radius 3 is 2.59 bits per heavy atom. The maximum Gasteiger partial charge on any atom is 0.308 e. The number of nitrogens with one attached hydrogen (secondary N) is 1. The summed E-state index contributed by atoms with van der Waals surface area (Å²) < 4.78 is 5.02. The van der Waals surface area contributed by atoms with Gasteiger partial charge in [0.2, 0.25) is 0 Å². The summed E-state index contributed by atoms with van der Waals surface area (Å²) in [4.78, 5) is 16.3. The van der Waals surface area contributed by atoms with E-state index in [4.69, 9.17) is 4.74 Å². The first-order chi connectivity index (χ1) is 13.7. The highest BCUT2D eigenvalue weighted by Crippen LogP contribution is 2.18. The van der Waals surface area contributed by atoms with E-state index in [2.05, 4.69) is 47.6 Å². The molecule has 0 radical (unpaired) electrons. The molecule has 0 aliphatic heterocycles. The Morgan fingerprint density at radius 2 is 1.83 bits per heavy atom. The third-order valence-corrected chi connectivity index (χ3v) is 5.17. The van der Waals surface area contributed by atoms with Gasteiger partial charge >= 0.3 is 5.97 Å². The van der Waals surface area contributed by atoms with Gasteiger partial charge in [-0.05, 0) is 54.8 Å². The number of ether oxygens (including phenoxy) is 1. The highest BCUT2D eigenvalue weighted by Gasteiger charge is 2.20. The van der Waals surface area contributed by atoms with Crippen molar-refractivity contribution >= 4 is 16.7 Å². The van der Waals surface area contributed by atoms with Gasteiger partial charge in [0.15, 0.2) is 0 Å². The van der Waals surface area contributed by atoms with Crippen LogP contribution in [0.25, 0.3) is 10.8 Å². The molecule has 3 aromatic rings. The highest BCUT2D eigenvalue weighted by atomic mass is 16.5. The number of methoxy groups -OCH3 is 1. The molecule has 1 N–H and O–H groups in total. The summed E-state index contributed by atoms with van der Waals surface area (Å²) in [5.74, 6) is -0.232. The number of esters is 1. The zero-order chi connectivity index (χ0) is 19.8. The van der Waals surface area contributed by atoms with Gasteiger partial charge in [-0.15, -0.1) is 0 Å². The maximum atomic E-state index is 12.2. The van der Waals surface area contributed by atoms with E-state index >= 15 is 0 Å². The lowest BCUT2D eigenvalue weighted by molar-refractivity contribution is -0.145. The van der Waals surface area contributed by atoms with Gasteiger partial charge in [-0.2, -0.15) is 0 Å². The van der Waals surface area contributed by atoms with Crippen LogP contribution in [-0.4, -0.2) is 24.1 Å². The molecule has 1 heterocycles. The summed E-state index contributed by atoms with van der Waals surface area (Å²) in [6.45, 7) is 2.98. The Kier molecular flexibility index (Phi) is 8.81. The number of pyridine rings is 1. The third-order valence-electron chi connectivity index (χ3n) is 5.17. The first kappa shape index (κ1) is 22.6. The Balaban J connectivity index is 0.00000300. The van der Waals surface area contributed by atoms with Crippen molar-refractivity contribution in [3.05, 3.63) is 78.1 Å². The van der Waals surface area contributed by atoms with Gasteiger partial charge in [-0.3, -0.25) is 9.78 Å². The highest BCUT2D eigenvalue weighted by molar-refractivity contribution is 5.82. The van der Waals surface area contributed by atoms with Crippen LogP contribution in [-0.2, 0) is 22.5 Å². The molecule has 0 bridgehead atoms. The molecule has 0 saturated heterocycles. The van der Waals surface area contributed by atoms with Gasteiger partial charge in [0, 0.05) is 30.4 Å². The number of nitrogens with zero attached hydrogens (tertiary/aromatic N) is 1. The van der Waals surface area contributed by atoms with Gasteiger partial charge in [0.1, 0.15) is 0 Å². The monoisotopic (exact) mass is 392 g/mol. The smallest absolute Gasteiger partial charge is 0.308 e. The third kappa shape index (κ3) is 6.68. The van der Waals surface area contributed by atoms with Crippen LogP contribution >= 0.6 is 0 Å². The molecule has 4 nitrogen and oxygen atoms in total. The number of aromatic nitrogens is 1. The van der Waals surface area contributed by atoms with E-state index in [0.717, 1.165) is 31.2 Å². The number of fused-ring (bicyclic) bond motifs is 1. The number of carbonyl (C=O) groups is 1. The average Bonchev–Trinajstić information content (AvgIpc) is 2.75. The summed E-state index contributed by atoms with van der Waals surface area (Å²) in [5.41, 5.74) is 2.42. The van der Waals surface area contributed by atoms with Crippen molar-refractivity contribution in [2.75, 3.05) is 7.11 Å². The molecule has 154 valence electrons. The predicted octanol–water partition coefficient (Wildman–Crippen LogP) is 5.16. The molecule has 0 aliphatic carbocycles. The minimum absolute atomic E-state index is 0. The molecule has 2 aromatic carbocycles. The molecular formula is C25H32N2O2. The molecule has 2 atom stereocenters. The molecule has 0 fully saturated rings. The van der Waals surface area contributed by atoms with E-state index in [1.807, 2.05) is 36.7 Å². The Labute approximate surface area is 174 Å². The number of carbonyl (C=O) groups excluding carboxylic acids is 1. The first-order valence-corrected chi connectivity index (χ1v) is 9.83. The van der Waals surface area contributed by atoms with E-state index in [1.54, 1.807) is 0 Å². The standard InChI is InChI=1S/C24H28N2O2.CH4/c1-18(26-16-20-9-11-23-17-25-13-12-21(23)15-20)8-10-22(24(27)28-2)14-19-6-4-3-5-7-19;/h3-7,9,11-13,15,17-18,22,26H,8,10,14,16H2,1-2H3;1H4/t18-,22?;/m1./s1. The molecule has 0 amide bonds. The number of rotatable bonds is 9. The van der Waals surface area contributed by atoms with Crippen LogP contribution in [0.2, 0.25) is 0 Å². The number of hydrogen-bond donors (Lipinski definition) is 1. The lowest BCUT2D eigenvalue weighted by Crippen LogP contribution is -2.28. The molecule has 0 aliphatic rings. The zero-order valence-electron chi connectivity index (χ0n) is 16.6. The molecular weight excluding hydrogens is 360 g/mol. The molecule has 1 unspecified atom stereocenters. The number of hydrogen-bond acceptors (Lipinski definition) is 4. The molecule has 0 spiro atoms. The summed E-state index contributed by atoms with van der Waals surface area (Å²) in [5, 5.41) is 5.93. The average molecular weight is 393 g/mol. The van der Waals surface area contributed by atoms with Crippen molar-refractivity contribution < 1.29 is 9.53 Å². The summed E-state index contributed by atoms with van der Waals surface area (Å²) in [6, 6.07) is 18.9. The summed E-state index contributed by atoms with van der Waals surface area (Å²) in [7, 11) is 1.47. The van der Waals surface area contributed by atoms with Crippen molar-refractivity contribution in [3.8, 4) is 0 Å². The normalized spacial score (nSPS) is 12.8. The van der Waals surface area contributed by atoms with Crippen molar-refractivity contribution in [1.82, 2.24) is 10.3 Å². The fourth-order valence-electron chi connectivity index (χ4n) is 3.46. The second-order valence-electron chi connectivity index (χ2n) is 7.33. The maximum absolute atomic E-state index is 12.2. The Bertz CT molecular complexity index is 895. The van der Waals surface area contributed by atoms with E-state index in [-0.39, 0.29) is 19.3 Å². The van der Waals surface area contributed by atoms with Crippen LogP contribution in [0.5, 0.6) is 0 Å². The first-order valence-electron chi connectivity index (χ1n) is 9.83. The van der Waals surface area contributed by atoms with E-state index in [9.17, 15) is 4.79 Å². The lowest BCUT2D eigenvalue weighted by Gasteiger charge is -2.19.